The summed E-state index contributed by atoms with van der Waals surface area (Å²) in [6.45, 7) is 4.41. The van der Waals surface area contributed by atoms with Crippen molar-refractivity contribution in [2.24, 2.45) is 0 Å². The molecule has 0 bridgehead atoms. The number of unbranched alkanes of at least 4 members (excludes halogenated alkanes) is 3. The van der Waals surface area contributed by atoms with Gasteiger partial charge in [0, 0.05) is 11.8 Å². The van der Waals surface area contributed by atoms with E-state index in [2.05, 4.69) is 19.2 Å². The lowest BCUT2D eigenvalue weighted by molar-refractivity contribution is 0.211. The molecule has 0 aliphatic rings. The number of aliphatic hydroxyl groups is 1. The third-order valence-electron chi connectivity index (χ3n) is 3.45. The monoisotopic (exact) mass is 265 g/mol. The molecule has 0 radical (unpaired) electrons. The van der Waals surface area contributed by atoms with Gasteiger partial charge in [0.1, 0.15) is 5.75 Å². The van der Waals surface area contributed by atoms with Crippen LogP contribution in [0, 0.1) is 0 Å². The number of nitrogens with one attached hydrogen (secondary N) is 1. The molecule has 3 nitrogen and oxygen atoms in total. The van der Waals surface area contributed by atoms with Gasteiger partial charge in [-0.1, -0.05) is 38.7 Å². The Hall–Kier alpha value is -1.22. The van der Waals surface area contributed by atoms with E-state index in [0.29, 0.717) is 0 Å². The molecule has 1 aromatic rings. The van der Waals surface area contributed by atoms with Gasteiger partial charge in [0.05, 0.1) is 19.3 Å². The second-order valence-corrected chi connectivity index (χ2v) is 5.39. The lowest BCUT2D eigenvalue weighted by Crippen LogP contribution is -2.38. The Labute approximate surface area is 117 Å². The van der Waals surface area contributed by atoms with Crippen molar-refractivity contribution >= 4 is 5.69 Å². The van der Waals surface area contributed by atoms with Gasteiger partial charge >= 0.3 is 0 Å². The van der Waals surface area contributed by atoms with Gasteiger partial charge in [-0.15, -0.1) is 0 Å². The van der Waals surface area contributed by atoms with Crippen molar-refractivity contribution in [3.8, 4) is 5.75 Å². The Bertz CT molecular complexity index is 368. The Morgan fingerprint density at radius 3 is 2.68 bits per heavy atom. The first-order valence-corrected chi connectivity index (χ1v) is 7.16. The van der Waals surface area contributed by atoms with Gasteiger partial charge in [0.2, 0.25) is 0 Å². The van der Waals surface area contributed by atoms with Crippen LogP contribution >= 0.6 is 0 Å². The summed E-state index contributed by atoms with van der Waals surface area (Å²) < 4.78 is 5.21. The van der Waals surface area contributed by atoms with Crippen LogP contribution in [0.25, 0.3) is 0 Å². The third kappa shape index (κ3) is 5.52. The van der Waals surface area contributed by atoms with Gasteiger partial charge in [-0.3, -0.25) is 0 Å². The first-order chi connectivity index (χ1) is 9.13. The Morgan fingerprint density at radius 1 is 1.26 bits per heavy atom. The number of hydrogen-bond acceptors (Lipinski definition) is 3. The molecule has 0 amide bonds. The van der Waals surface area contributed by atoms with E-state index < -0.39 is 0 Å². The molecule has 1 unspecified atom stereocenters. The molecule has 0 aliphatic carbocycles. The lowest BCUT2D eigenvalue weighted by atomic mass is 9.94. The fraction of sp³-hybridized carbons (Fsp3) is 0.625. The van der Waals surface area contributed by atoms with Crippen LogP contribution in [-0.2, 0) is 0 Å². The van der Waals surface area contributed by atoms with E-state index in [1.54, 1.807) is 7.11 Å². The molecule has 0 saturated heterocycles. The van der Waals surface area contributed by atoms with E-state index in [1.807, 2.05) is 24.3 Å². The zero-order chi connectivity index (χ0) is 14.1. The molecule has 0 fully saturated rings. The second-order valence-electron chi connectivity index (χ2n) is 5.39. The summed E-state index contributed by atoms with van der Waals surface area (Å²) in [5.74, 6) is 0.830. The maximum atomic E-state index is 9.64. The largest absolute Gasteiger partial charge is 0.497 e. The number of anilines is 1. The fourth-order valence-electron chi connectivity index (χ4n) is 2.17. The van der Waals surface area contributed by atoms with Crippen molar-refractivity contribution in [1.82, 2.24) is 0 Å². The van der Waals surface area contributed by atoms with E-state index in [0.717, 1.165) is 24.3 Å². The zero-order valence-electron chi connectivity index (χ0n) is 12.4. The molecular weight excluding hydrogens is 238 g/mol. The molecule has 1 atom stereocenters. The molecule has 0 aromatic heterocycles. The molecule has 0 heterocycles. The second kappa shape index (κ2) is 8.05. The lowest BCUT2D eigenvalue weighted by Gasteiger charge is -2.30. The summed E-state index contributed by atoms with van der Waals surface area (Å²) in [5.41, 5.74) is 0.728. The van der Waals surface area contributed by atoms with E-state index in [9.17, 15) is 5.11 Å². The normalized spacial score (nSPS) is 13.9. The van der Waals surface area contributed by atoms with Crippen LogP contribution in [0.2, 0.25) is 0 Å². The molecule has 1 rings (SSSR count). The average molecular weight is 265 g/mol. The Kier molecular flexibility index (Phi) is 6.71. The minimum Gasteiger partial charge on any atom is -0.497 e. The van der Waals surface area contributed by atoms with Crippen LogP contribution in [0.15, 0.2) is 24.3 Å². The van der Waals surface area contributed by atoms with Crippen molar-refractivity contribution in [3.05, 3.63) is 24.3 Å². The van der Waals surface area contributed by atoms with Crippen LogP contribution in [-0.4, -0.2) is 24.4 Å². The highest BCUT2D eigenvalue weighted by Gasteiger charge is 2.22. The van der Waals surface area contributed by atoms with E-state index in [4.69, 9.17) is 4.74 Å². The molecule has 3 heteroatoms. The third-order valence-corrected chi connectivity index (χ3v) is 3.45. The summed E-state index contributed by atoms with van der Waals surface area (Å²) in [6, 6.07) is 7.83. The van der Waals surface area contributed by atoms with Gasteiger partial charge in [0.15, 0.2) is 0 Å². The molecule has 1 aromatic carbocycles. The van der Waals surface area contributed by atoms with Crippen molar-refractivity contribution in [1.29, 1.82) is 0 Å². The van der Waals surface area contributed by atoms with E-state index in [-0.39, 0.29) is 12.1 Å². The molecule has 19 heavy (non-hydrogen) atoms. The number of ether oxygens (including phenoxy) is 1. The van der Waals surface area contributed by atoms with Gasteiger partial charge in [-0.05, 0) is 25.5 Å². The predicted octanol–water partition coefficient (Wildman–Crippen LogP) is 3.83. The summed E-state index contributed by atoms with van der Waals surface area (Å²) in [4.78, 5) is 0. The van der Waals surface area contributed by atoms with Gasteiger partial charge in [0.25, 0.3) is 0 Å². The number of methoxy groups -OCH3 is 1. The van der Waals surface area contributed by atoms with Crippen molar-refractivity contribution in [2.45, 2.75) is 51.5 Å². The van der Waals surface area contributed by atoms with Crippen LogP contribution in [0.3, 0.4) is 0 Å². The molecule has 0 aliphatic heterocycles. The smallest absolute Gasteiger partial charge is 0.120 e. The highest BCUT2D eigenvalue weighted by Crippen LogP contribution is 2.24. The fourth-order valence-corrected chi connectivity index (χ4v) is 2.17. The average Bonchev–Trinajstić information content (AvgIpc) is 2.44. The highest BCUT2D eigenvalue weighted by atomic mass is 16.5. The number of hydrogen-bond donors (Lipinski definition) is 2. The molecular formula is C16H27NO2. The maximum absolute atomic E-state index is 9.64. The standard InChI is InChI=1S/C16H27NO2/c1-4-5-6-7-11-16(2,13-18)17-14-9-8-10-15(12-14)19-3/h8-10,12,17-18H,4-7,11,13H2,1-3H3. The van der Waals surface area contributed by atoms with E-state index >= 15 is 0 Å². The van der Waals surface area contributed by atoms with Gasteiger partial charge < -0.3 is 15.2 Å². The zero-order valence-corrected chi connectivity index (χ0v) is 12.4. The Balaban J connectivity index is 2.57. The quantitative estimate of drug-likeness (QED) is 0.667. The molecule has 0 saturated carbocycles. The number of benzene rings is 1. The SMILES string of the molecule is CCCCCCC(C)(CO)Nc1cccc(OC)c1. The summed E-state index contributed by atoms with van der Waals surface area (Å²) in [5, 5.41) is 13.1. The topological polar surface area (TPSA) is 41.5 Å². The predicted molar refractivity (Wildman–Crippen MR) is 80.9 cm³/mol. The van der Waals surface area contributed by atoms with Crippen molar-refractivity contribution < 1.29 is 9.84 Å². The van der Waals surface area contributed by atoms with Gasteiger partial charge in [-0.2, -0.15) is 0 Å². The van der Waals surface area contributed by atoms with Crippen LogP contribution in [0.4, 0.5) is 5.69 Å². The van der Waals surface area contributed by atoms with E-state index in [1.165, 1.54) is 19.3 Å². The molecule has 0 spiro atoms. The summed E-state index contributed by atoms with van der Waals surface area (Å²) >= 11 is 0. The summed E-state index contributed by atoms with van der Waals surface area (Å²) in [7, 11) is 1.66. The minimum absolute atomic E-state index is 0.135. The van der Waals surface area contributed by atoms with Crippen molar-refractivity contribution in [3.63, 3.8) is 0 Å². The number of aliphatic hydroxyl groups excluding tert-OH is 1. The highest BCUT2D eigenvalue weighted by molar-refractivity contribution is 5.50. The Morgan fingerprint density at radius 2 is 2.05 bits per heavy atom. The van der Waals surface area contributed by atoms with Gasteiger partial charge in [-0.25, -0.2) is 0 Å². The number of rotatable bonds is 9. The first kappa shape index (κ1) is 15.8. The van der Waals surface area contributed by atoms with Crippen molar-refractivity contribution in [2.75, 3.05) is 19.0 Å². The molecule has 2 N–H and O–H groups in total. The first-order valence-electron chi connectivity index (χ1n) is 7.16. The maximum Gasteiger partial charge on any atom is 0.120 e. The minimum atomic E-state index is -0.264. The van der Waals surface area contributed by atoms with Crippen LogP contribution in [0.5, 0.6) is 5.75 Å². The molecule has 108 valence electrons. The summed E-state index contributed by atoms with van der Waals surface area (Å²) in [6.07, 6.45) is 5.84. The van der Waals surface area contributed by atoms with Crippen LogP contribution < -0.4 is 10.1 Å². The van der Waals surface area contributed by atoms with Crippen LogP contribution in [0.1, 0.15) is 46.0 Å².